The number of thiophene rings is 1. The minimum atomic E-state index is -0.556. The van der Waals surface area contributed by atoms with Crippen molar-refractivity contribution < 1.29 is 23.9 Å². The Bertz CT molecular complexity index is 1050. The number of carbonyl (C=O) groups is 3. The lowest BCUT2D eigenvalue weighted by molar-refractivity contribution is -0.152. The number of benzene rings is 1. The number of carbonyl (C=O) groups excluding carboxylic acids is 3. The van der Waals surface area contributed by atoms with E-state index < -0.39 is 18.5 Å². The Morgan fingerprint density at radius 1 is 1.13 bits per heavy atom. The van der Waals surface area contributed by atoms with Crippen molar-refractivity contribution in [1.82, 2.24) is 0 Å². The molecule has 1 N–H and O–H groups in total. The van der Waals surface area contributed by atoms with Crippen molar-refractivity contribution in [2.75, 3.05) is 18.5 Å². The van der Waals surface area contributed by atoms with Crippen LogP contribution in [0.15, 0.2) is 41.8 Å². The smallest absolute Gasteiger partial charge is 0.341 e. The third-order valence-corrected chi connectivity index (χ3v) is 6.84. The predicted octanol–water partition coefficient (Wildman–Crippen LogP) is 4.94. The van der Waals surface area contributed by atoms with Crippen LogP contribution in [0.5, 0.6) is 0 Å². The zero-order valence-electron chi connectivity index (χ0n) is 16.9. The van der Waals surface area contributed by atoms with Crippen molar-refractivity contribution >= 4 is 45.8 Å². The molecule has 3 atom stereocenters. The number of fused-ring (bicyclic) bond motifs is 2. The molecule has 162 valence electrons. The summed E-state index contributed by atoms with van der Waals surface area (Å²) in [5.41, 5.74) is 1.48. The largest absolute Gasteiger partial charge is 0.462 e. The molecule has 8 heteroatoms. The highest BCUT2D eigenvalue weighted by Gasteiger charge is 2.40. The number of esters is 2. The van der Waals surface area contributed by atoms with E-state index in [-0.39, 0.29) is 30.0 Å². The molecule has 0 radical (unpaired) electrons. The molecule has 0 aliphatic heterocycles. The maximum absolute atomic E-state index is 12.6. The molecule has 4 rings (SSSR count). The normalized spacial score (nSPS) is 21.2. The minimum Gasteiger partial charge on any atom is -0.462 e. The second-order valence-corrected chi connectivity index (χ2v) is 8.88. The maximum atomic E-state index is 12.6. The number of hydrogen-bond acceptors (Lipinski definition) is 6. The molecule has 2 bridgehead atoms. The Morgan fingerprint density at radius 2 is 1.94 bits per heavy atom. The summed E-state index contributed by atoms with van der Waals surface area (Å²) >= 11 is 7.49. The first-order chi connectivity index (χ1) is 15.0. The van der Waals surface area contributed by atoms with Crippen molar-refractivity contribution in [2.45, 2.75) is 19.8 Å². The van der Waals surface area contributed by atoms with Gasteiger partial charge in [0, 0.05) is 21.5 Å². The van der Waals surface area contributed by atoms with E-state index >= 15 is 0 Å². The van der Waals surface area contributed by atoms with Gasteiger partial charge in [0.15, 0.2) is 6.61 Å². The van der Waals surface area contributed by atoms with Crippen LogP contribution in [0.4, 0.5) is 5.00 Å². The number of nitrogens with one attached hydrogen (secondary N) is 1. The molecule has 1 aromatic carbocycles. The highest BCUT2D eigenvalue weighted by Crippen LogP contribution is 2.44. The van der Waals surface area contributed by atoms with Crippen molar-refractivity contribution in [2.24, 2.45) is 17.8 Å². The summed E-state index contributed by atoms with van der Waals surface area (Å²) in [7, 11) is 0. The lowest BCUT2D eigenvalue weighted by atomic mass is 9.94. The van der Waals surface area contributed by atoms with Gasteiger partial charge < -0.3 is 14.8 Å². The van der Waals surface area contributed by atoms with Crippen molar-refractivity contribution in [3.63, 3.8) is 0 Å². The van der Waals surface area contributed by atoms with Crippen molar-refractivity contribution in [3.05, 3.63) is 52.4 Å². The fraction of sp³-hybridized carbons (Fsp3) is 0.348. The van der Waals surface area contributed by atoms with E-state index in [1.807, 2.05) is 6.07 Å². The molecule has 1 amide bonds. The van der Waals surface area contributed by atoms with Crippen LogP contribution in [0.3, 0.4) is 0 Å². The first-order valence-electron chi connectivity index (χ1n) is 10.2. The molecular formula is C23H22ClNO5S. The van der Waals surface area contributed by atoms with E-state index in [4.69, 9.17) is 21.1 Å². The third kappa shape index (κ3) is 4.52. The molecule has 31 heavy (non-hydrogen) atoms. The van der Waals surface area contributed by atoms with Gasteiger partial charge in [-0.2, -0.15) is 0 Å². The van der Waals surface area contributed by atoms with Crippen LogP contribution in [0.25, 0.3) is 11.1 Å². The summed E-state index contributed by atoms with van der Waals surface area (Å²) in [5.74, 6) is -0.929. The van der Waals surface area contributed by atoms with Gasteiger partial charge in [0.1, 0.15) is 10.6 Å². The Kier molecular flexibility index (Phi) is 6.43. The van der Waals surface area contributed by atoms with Gasteiger partial charge >= 0.3 is 11.9 Å². The van der Waals surface area contributed by atoms with E-state index in [9.17, 15) is 14.4 Å². The standard InChI is InChI=1S/C23H22ClNO5S/c1-2-29-23(28)20-17(15-5-3-4-6-18(15)24)12-31-21(20)25-19(26)11-30-22(27)16-10-13-7-8-14(16)9-13/h3-8,12-14,16H,2,9-11H2,1H3,(H,25,26). The molecule has 6 nitrogen and oxygen atoms in total. The molecule has 1 heterocycles. The van der Waals surface area contributed by atoms with Crippen LogP contribution >= 0.6 is 22.9 Å². The average molecular weight is 460 g/mol. The van der Waals surface area contributed by atoms with Gasteiger partial charge in [-0.1, -0.05) is 42.0 Å². The zero-order chi connectivity index (χ0) is 22.0. The van der Waals surface area contributed by atoms with Crippen LogP contribution in [-0.2, 0) is 19.1 Å². The summed E-state index contributed by atoms with van der Waals surface area (Å²) in [5, 5.41) is 5.25. The van der Waals surface area contributed by atoms with E-state index in [0.717, 1.165) is 12.8 Å². The predicted molar refractivity (Wildman–Crippen MR) is 119 cm³/mol. The summed E-state index contributed by atoms with van der Waals surface area (Å²) in [4.78, 5) is 37.4. The highest BCUT2D eigenvalue weighted by atomic mass is 35.5. The molecule has 2 aromatic rings. The first-order valence-corrected chi connectivity index (χ1v) is 11.4. The van der Waals surface area contributed by atoms with Gasteiger partial charge in [-0.25, -0.2) is 4.79 Å². The summed E-state index contributed by atoms with van der Waals surface area (Å²) in [6, 6.07) is 7.14. The lowest BCUT2D eigenvalue weighted by Crippen LogP contribution is -2.27. The molecule has 0 spiro atoms. The number of anilines is 1. The van der Waals surface area contributed by atoms with Crippen molar-refractivity contribution in [3.8, 4) is 11.1 Å². The second kappa shape index (κ2) is 9.24. The molecule has 1 saturated carbocycles. The minimum absolute atomic E-state index is 0.175. The van der Waals surface area contributed by atoms with E-state index in [0.29, 0.717) is 27.1 Å². The fourth-order valence-electron chi connectivity index (χ4n) is 4.19. The summed E-state index contributed by atoms with van der Waals surface area (Å²) in [6.45, 7) is 1.50. The zero-order valence-corrected chi connectivity index (χ0v) is 18.5. The fourth-order valence-corrected chi connectivity index (χ4v) is 5.39. The van der Waals surface area contributed by atoms with Gasteiger partial charge in [0.2, 0.25) is 0 Å². The Labute approximate surface area is 189 Å². The van der Waals surface area contributed by atoms with E-state index in [2.05, 4.69) is 17.5 Å². The second-order valence-electron chi connectivity index (χ2n) is 7.60. The van der Waals surface area contributed by atoms with Gasteiger partial charge in [-0.3, -0.25) is 9.59 Å². The number of rotatable bonds is 7. The summed E-state index contributed by atoms with van der Waals surface area (Å²) in [6.07, 6.45) is 5.97. The van der Waals surface area contributed by atoms with E-state index in [1.54, 1.807) is 30.5 Å². The highest BCUT2D eigenvalue weighted by molar-refractivity contribution is 7.15. The maximum Gasteiger partial charge on any atom is 0.341 e. The number of amides is 1. The quantitative estimate of drug-likeness (QED) is 0.468. The summed E-state index contributed by atoms with van der Waals surface area (Å²) < 4.78 is 10.4. The van der Waals surface area contributed by atoms with Gasteiger partial charge in [0.25, 0.3) is 5.91 Å². The monoisotopic (exact) mass is 459 g/mol. The third-order valence-electron chi connectivity index (χ3n) is 5.61. The molecular weight excluding hydrogens is 438 g/mol. The van der Waals surface area contributed by atoms with Crippen LogP contribution < -0.4 is 5.32 Å². The number of halogens is 1. The lowest BCUT2D eigenvalue weighted by Gasteiger charge is -2.16. The molecule has 2 aliphatic carbocycles. The molecule has 0 saturated heterocycles. The number of ether oxygens (including phenoxy) is 2. The van der Waals surface area contributed by atoms with Crippen LogP contribution in [0, 0.1) is 17.8 Å². The molecule has 3 unspecified atom stereocenters. The van der Waals surface area contributed by atoms with Gasteiger partial charge in [0.05, 0.1) is 12.5 Å². The van der Waals surface area contributed by atoms with Crippen LogP contribution in [0.1, 0.15) is 30.1 Å². The Balaban J connectivity index is 1.46. The van der Waals surface area contributed by atoms with Crippen LogP contribution in [0.2, 0.25) is 5.02 Å². The average Bonchev–Trinajstić information content (AvgIpc) is 3.48. The number of hydrogen-bond donors (Lipinski definition) is 1. The van der Waals surface area contributed by atoms with Crippen molar-refractivity contribution in [1.29, 1.82) is 0 Å². The van der Waals surface area contributed by atoms with Gasteiger partial charge in [-0.05, 0) is 37.7 Å². The topological polar surface area (TPSA) is 81.7 Å². The van der Waals surface area contributed by atoms with E-state index in [1.165, 1.54) is 11.3 Å². The molecule has 1 fully saturated rings. The van der Waals surface area contributed by atoms with Crippen LogP contribution in [-0.4, -0.2) is 31.1 Å². The number of allylic oxidation sites excluding steroid dienone is 2. The first kappa shape index (κ1) is 21.6. The Morgan fingerprint density at radius 3 is 2.61 bits per heavy atom. The molecule has 1 aromatic heterocycles. The molecule has 2 aliphatic rings. The van der Waals surface area contributed by atoms with Gasteiger partial charge in [-0.15, -0.1) is 11.3 Å². The SMILES string of the molecule is CCOC(=O)c1c(-c2ccccc2Cl)csc1NC(=O)COC(=O)C1CC2C=CC1C2. The Hall–Kier alpha value is -2.64.